The van der Waals surface area contributed by atoms with E-state index in [1.807, 2.05) is 54.6 Å². The topological polar surface area (TPSA) is 68.0 Å². The van der Waals surface area contributed by atoms with Crippen LogP contribution >= 0.6 is 0 Å². The Labute approximate surface area is 153 Å². The molecule has 0 atom stereocenters. The Kier molecular flexibility index (Phi) is 6.14. The van der Waals surface area contributed by atoms with Gasteiger partial charge in [-0.2, -0.15) is 4.98 Å². The minimum Gasteiger partial charge on any atom is -0.334 e. The predicted octanol–water partition coefficient (Wildman–Crippen LogP) is 4.85. The summed E-state index contributed by atoms with van der Waals surface area (Å²) in [4.78, 5) is 16.6. The Balaban J connectivity index is 1.72. The SMILES string of the molecule is CCCCCC(=O)Nc1ccccc1-c1nc(Cc2ccccc2)no1. The van der Waals surface area contributed by atoms with E-state index in [4.69, 9.17) is 4.52 Å². The first-order valence-corrected chi connectivity index (χ1v) is 9.02. The van der Waals surface area contributed by atoms with Gasteiger partial charge in [-0.15, -0.1) is 0 Å². The summed E-state index contributed by atoms with van der Waals surface area (Å²) in [5.74, 6) is 1.05. The molecule has 26 heavy (non-hydrogen) atoms. The zero-order chi connectivity index (χ0) is 18.2. The third-order valence-electron chi connectivity index (χ3n) is 4.11. The second-order valence-electron chi connectivity index (χ2n) is 6.23. The number of benzene rings is 2. The van der Waals surface area contributed by atoms with Gasteiger partial charge in [-0.25, -0.2) is 0 Å². The van der Waals surface area contributed by atoms with Gasteiger partial charge in [-0.3, -0.25) is 4.79 Å². The van der Waals surface area contributed by atoms with Crippen LogP contribution in [0.1, 0.15) is 44.0 Å². The molecule has 0 radical (unpaired) electrons. The number of hydrogen-bond acceptors (Lipinski definition) is 4. The summed E-state index contributed by atoms with van der Waals surface area (Å²) in [5, 5.41) is 7.03. The van der Waals surface area contributed by atoms with Crippen LogP contribution in [0.25, 0.3) is 11.5 Å². The summed E-state index contributed by atoms with van der Waals surface area (Å²) in [5.41, 5.74) is 2.56. The maximum Gasteiger partial charge on any atom is 0.260 e. The number of unbranched alkanes of at least 4 members (excludes halogenated alkanes) is 2. The van der Waals surface area contributed by atoms with E-state index < -0.39 is 0 Å². The van der Waals surface area contributed by atoms with Crippen LogP contribution < -0.4 is 5.32 Å². The molecule has 5 heteroatoms. The van der Waals surface area contributed by atoms with Crippen LogP contribution in [-0.2, 0) is 11.2 Å². The number of anilines is 1. The Morgan fingerprint density at radius 3 is 2.62 bits per heavy atom. The molecule has 0 spiro atoms. The molecule has 0 fully saturated rings. The van der Waals surface area contributed by atoms with E-state index in [2.05, 4.69) is 22.4 Å². The van der Waals surface area contributed by atoms with Crippen LogP contribution in [0, 0.1) is 0 Å². The van der Waals surface area contributed by atoms with Gasteiger partial charge < -0.3 is 9.84 Å². The largest absolute Gasteiger partial charge is 0.334 e. The predicted molar refractivity (Wildman–Crippen MR) is 102 cm³/mol. The molecule has 134 valence electrons. The first-order valence-electron chi connectivity index (χ1n) is 9.02. The highest BCUT2D eigenvalue weighted by atomic mass is 16.5. The van der Waals surface area contributed by atoms with Gasteiger partial charge in [0.15, 0.2) is 5.82 Å². The third-order valence-corrected chi connectivity index (χ3v) is 4.11. The first-order chi connectivity index (χ1) is 12.8. The lowest BCUT2D eigenvalue weighted by Gasteiger charge is -2.08. The Morgan fingerprint density at radius 2 is 1.81 bits per heavy atom. The molecule has 0 unspecified atom stereocenters. The van der Waals surface area contributed by atoms with Crippen molar-refractivity contribution >= 4 is 11.6 Å². The molecule has 1 heterocycles. The van der Waals surface area contributed by atoms with Gasteiger partial charge in [0, 0.05) is 12.8 Å². The number of nitrogens with one attached hydrogen (secondary N) is 1. The van der Waals surface area contributed by atoms with Crippen molar-refractivity contribution in [1.29, 1.82) is 0 Å². The number of amides is 1. The molecule has 0 aliphatic rings. The summed E-state index contributed by atoms with van der Waals surface area (Å²) in [6, 6.07) is 17.5. The maximum absolute atomic E-state index is 12.1. The Bertz CT molecular complexity index is 843. The minimum atomic E-state index is 0.00919. The highest BCUT2D eigenvalue weighted by Crippen LogP contribution is 2.27. The fourth-order valence-corrected chi connectivity index (χ4v) is 2.74. The molecule has 0 aliphatic heterocycles. The van der Waals surface area contributed by atoms with Gasteiger partial charge in [-0.05, 0) is 24.1 Å². The van der Waals surface area contributed by atoms with Crippen molar-refractivity contribution in [2.24, 2.45) is 0 Å². The van der Waals surface area contributed by atoms with Crippen molar-refractivity contribution in [2.75, 3.05) is 5.32 Å². The van der Waals surface area contributed by atoms with Crippen LogP contribution in [0.4, 0.5) is 5.69 Å². The van der Waals surface area contributed by atoms with Crippen molar-refractivity contribution in [3.05, 3.63) is 66.0 Å². The number of aromatic nitrogens is 2. The van der Waals surface area contributed by atoms with Crippen molar-refractivity contribution in [1.82, 2.24) is 10.1 Å². The minimum absolute atomic E-state index is 0.00919. The zero-order valence-electron chi connectivity index (χ0n) is 14.9. The van der Waals surface area contributed by atoms with Crippen LogP contribution in [0.5, 0.6) is 0 Å². The highest BCUT2D eigenvalue weighted by Gasteiger charge is 2.14. The molecular formula is C21H23N3O2. The lowest BCUT2D eigenvalue weighted by molar-refractivity contribution is -0.116. The summed E-state index contributed by atoms with van der Waals surface area (Å²) >= 11 is 0. The molecule has 0 aliphatic carbocycles. The van der Waals surface area contributed by atoms with E-state index in [0.717, 1.165) is 30.4 Å². The maximum atomic E-state index is 12.1. The normalized spacial score (nSPS) is 10.7. The average molecular weight is 349 g/mol. The van der Waals surface area contributed by atoms with Gasteiger partial charge in [0.2, 0.25) is 5.91 Å². The second-order valence-corrected chi connectivity index (χ2v) is 6.23. The van der Waals surface area contributed by atoms with Crippen molar-refractivity contribution < 1.29 is 9.32 Å². The van der Waals surface area contributed by atoms with Crippen molar-refractivity contribution in [2.45, 2.75) is 39.0 Å². The first kappa shape index (κ1) is 17.9. The monoisotopic (exact) mass is 349 g/mol. The Hall–Kier alpha value is -2.95. The molecule has 3 rings (SSSR count). The lowest BCUT2D eigenvalue weighted by Crippen LogP contribution is -2.11. The molecule has 2 aromatic carbocycles. The zero-order valence-corrected chi connectivity index (χ0v) is 14.9. The highest BCUT2D eigenvalue weighted by molar-refractivity contribution is 5.94. The van der Waals surface area contributed by atoms with Crippen molar-refractivity contribution in [3.8, 4) is 11.5 Å². The van der Waals surface area contributed by atoms with Gasteiger partial charge >= 0.3 is 0 Å². The van der Waals surface area contributed by atoms with Gasteiger partial charge in [-0.1, -0.05) is 67.4 Å². The van der Waals surface area contributed by atoms with Gasteiger partial charge in [0.1, 0.15) is 0 Å². The summed E-state index contributed by atoms with van der Waals surface area (Å²) in [6.07, 6.45) is 4.17. The summed E-state index contributed by atoms with van der Waals surface area (Å²) in [6.45, 7) is 2.12. The van der Waals surface area contributed by atoms with Crippen LogP contribution in [0.2, 0.25) is 0 Å². The molecule has 1 aromatic heterocycles. The van der Waals surface area contributed by atoms with E-state index in [1.54, 1.807) is 0 Å². The number of carbonyl (C=O) groups is 1. The fourth-order valence-electron chi connectivity index (χ4n) is 2.74. The molecule has 5 nitrogen and oxygen atoms in total. The Morgan fingerprint density at radius 1 is 1.04 bits per heavy atom. The molecular weight excluding hydrogens is 326 g/mol. The molecule has 0 saturated heterocycles. The van der Waals surface area contributed by atoms with E-state index in [1.165, 1.54) is 0 Å². The van der Waals surface area contributed by atoms with E-state index in [9.17, 15) is 4.79 Å². The summed E-state index contributed by atoms with van der Waals surface area (Å²) < 4.78 is 5.43. The van der Waals surface area contributed by atoms with Crippen LogP contribution in [0.15, 0.2) is 59.1 Å². The molecule has 0 saturated carbocycles. The third kappa shape index (κ3) is 4.79. The number of carbonyl (C=O) groups excluding carboxylic acids is 1. The molecule has 1 N–H and O–H groups in total. The number of hydrogen-bond donors (Lipinski definition) is 1. The standard InChI is InChI=1S/C21H23N3O2/c1-2-3-5-14-20(25)22-18-13-9-8-12-17(18)21-23-19(24-26-21)15-16-10-6-4-7-11-16/h4,6-13H,2-3,5,14-15H2,1H3,(H,22,25). The number of nitrogens with zero attached hydrogens (tertiary/aromatic N) is 2. The van der Waals surface area contributed by atoms with E-state index in [0.29, 0.717) is 30.2 Å². The van der Waals surface area contributed by atoms with Crippen LogP contribution in [-0.4, -0.2) is 16.0 Å². The molecule has 0 bridgehead atoms. The number of rotatable bonds is 8. The second kappa shape index (κ2) is 8.94. The van der Waals surface area contributed by atoms with E-state index >= 15 is 0 Å². The molecule has 3 aromatic rings. The quantitative estimate of drug-likeness (QED) is 0.591. The van der Waals surface area contributed by atoms with Crippen molar-refractivity contribution in [3.63, 3.8) is 0 Å². The fraction of sp³-hybridized carbons (Fsp3) is 0.286. The smallest absolute Gasteiger partial charge is 0.260 e. The summed E-state index contributed by atoms with van der Waals surface area (Å²) in [7, 11) is 0. The van der Waals surface area contributed by atoms with Gasteiger partial charge in [0.05, 0.1) is 11.3 Å². The van der Waals surface area contributed by atoms with Gasteiger partial charge in [0.25, 0.3) is 5.89 Å². The molecule has 1 amide bonds. The van der Waals surface area contributed by atoms with Crippen LogP contribution in [0.3, 0.4) is 0 Å². The number of para-hydroxylation sites is 1. The average Bonchev–Trinajstić information content (AvgIpc) is 3.11. The lowest BCUT2D eigenvalue weighted by atomic mass is 10.1. The van der Waals surface area contributed by atoms with E-state index in [-0.39, 0.29) is 5.91 Å².